The van der Waals surface area contributed by atoms with Gasteiger partial charge in [0.05, 0.1) is 18.6 Å². The number of rotatable bonds is 8. The van der Waals surface area contributed by atoms with Gasteiger partial charge in [0, 0.05) is 30.2 Å². The molecule has 0 fully saturated rings. The van der Waals surface area contributed by atoms with E-state index in [2.05, 4.69) is 5.32 Å². The maximum Gasteiger partial charge on any atom is 0.308 e. The van der Waals surface area contributed by atoms with Gasteiger partial charge in [-0.1, -0.05) is 36.4 Å². The van der Waals surface area contributed by atoms with Crippen LogP contribution in [-0.4, -0.2) is 35.2 Å². The molecule has 3 aromatic rings. The Morgan fingerprint density at radius 1 is 1.14 bits per heavy atom. The van der Waals surface area contributed by atoms with E-state index >= 15 is 0 Å². The van der Waals surface area contributed by atoms with Crippen molar-refractivity contribution in [1.29, 1.82) is 0 Å². The van der Waals surface area contributed by atoms with Crippen LogP contribution in [0.3, 0.4) is 0 Å². The Bertz CT molecular complexity index is 993. The molecule has 0 saturated carbocycles. The van der Waals surface area contributed by atoms with E-state index in [1.165, 1.54) is 0 Å². The summed E-state index contributed by atoms with van der Waals surface area (Å²) < 4.78 is 7.31. The van der Waals surface area contributed by atoms with E-state index in [1.807, 2.05) is 60.2 Å². The summed E-state index contributed by atoms with van der Waals surface area (Å²) in [5, 5.41) is 13.3. The number of para-hydroxylation sites is 2. The van der Waals surface area contributed by atoms with Crippen LogP contribution in [-0.2, 0) is 17.8 Å². The third-order valence-electron chi connectivity index (χ3n) is 4.89. The van der Waals surface area contributed by atoms with Crippen molar-refractivity contribution >= 4 is 22.8 Å². The molecule has 0 saturated heterocycles. The molecule has 0 aliphatic heterocycles. The van der Waals surface area contributed by atoms with Crippen LogP contribution in [0, 0.1) is 5.92 Å². The average molecular weight is 380 g/mol. The molecule has 0 aliphatic carbocycles. The lowest BCUT2D eigenvalue weighted by molar-refractivity contribution is -0.141. The Balaban J connectivity index is 1.76. The monoisotopic (exact) mass is 380 g/mol. The van der Waals surface area contributed by atoms with Gasteiger partial charge in [0.1, 0.15) is 5.75 Å². The number of carboxylic acids is 1. The number of methoxy groups -OCH3 is 1. The Labute approximate surface area is 163 Å². The van der Waals surface area contributed by atoms with Gasteiger partial charge >= 0.3 is 5.97 Å². The first-order valence-electron chi connectivity index (χ1n) is 9.26. The molecule has 1 aromatic heterocycles. The van der Waals surface area contributed by atoms with Crippen LogP contribution >= 0.6 is 0 Å². The number of amides is 1. The maximum atomic E-state index is 12.7. The van der Waals surface area contributed by atoms with Crippen LogP contribution in [0.5, 0.6) is 5.75 Å². The second-order valence-electron chi connectivity index (χ2n) is 6.61. The van der Waals surface area contributed by atoms with Crippen molar-refractivity contribution in [3.63, 3.8) is 0 Å². The number of fused-ring (bicyclic) bond motifs is 1. The number of benzene rings is 2. The van der Waals surface area contributed by atoms with Gasteiger partial charge in [-0.3, -0.25) is 9.59 Å². The van der Waals surface area contributed by atoms with Crippen LogP contribution in [0.2, 0.25) is 0 Å². The van der Waals surface area contributed by atoms with Gasteiger partial charge in [-0.2, -0.15) is 0 Å². The van der Waals surface area contributed by atoms with Crippen molar-refractivity contribution < 1.29 is 19.4 Å². The number of hydrogen-bond acceptors (Lipinski definition) is 3. The van der Waals surface area contributed by atoms with Gasteiger partial charge in [0.15, 0.2) is 0 Å². The van der Waals surface area contributed by atoms with Crippen molar-refractivity contribution in [1.82, 2.24) is 9.88 Å². The molecule has 3 rings (SSSR count). The third kappa shape index (κ3) is 4.01. The molecule has 2 aromatic carbocycles. The first kappa shape index (κ1) is 19.5. The number of aromatic nitrogens is 1. The molecule has 28 heavy (non-hydrogen) atoms. The summed E-state index contributed by atoms with van der Waals surface area (Å²) in [5.74, 6) is -1.33. The molecule has 6 heteroatoms. The Morgan fingerprint density at radius 2 is 1.86 bits per heavy atom. The third-order valence-corrected chi connectivity index (χ3v) is 4.89. The molecule has 2 N–H and O–H groups in total. The fourth-order valence-electron chi connectivity index (χ4n) is 3.38. The number of nitrogens with zero attached hydrogens (tertiary/aromatic N) is 1. The minimum absolute atomic E-state index is 0.0395. The quantitative estimate of drug-likeness (QED) is 0.628. The molecule has 146 valence electrons. The minimum atomic E-state index is -0.956. The number of carbonyl (C=O) groups excluding carboxylic acids is 1. The summed E-state index contributed by atoms with van der Waals surface area (Å²) >= 11 is 0. The van der Waals surface area contributed by atoms with Gasteiger partial charge in [0.25, 0.3) is 5.91 Å². The van der Waals surface area contributed by atoms with E-state index in [0.717, 1.165) is 23.0 Å². The van der Waals surface area contributed by atoms with Crippen molar-refractivity contribution in [2.75, 3.05) is 13.7 Å². The molecule has 1 amide bonds. The number of carbonyl (C=O) groups is 2. The Hall–Kier alpha value is -3.28. The fraction of sp³-hybridized carbons (Fsp3) is 0.273. The van der Waals surface area contributed by atoms with Crippen molar-refractivity contribution in [3.05, 3.63) is 65.9 Å². The molecule has 0 spiro atoms. The largest absolute Gasteiger partial charge is 0.496 e. The summed E-state index contributed by atoms with van der Waals surface area (Å²) in [7, 11) is 1.56. The lowest BCUT2D eigenvalue weighted by Crippen LogP contribution is -2.34. The number of ether oxygens (including phenoxy) is 1. The highest BCUT2D eigenvalue weighted by Gasteiger charge is 2.22. The number of nitrogens with one attached hydrogen (secondary N) is 1. The van der Waals surface area contributed by atoms with Crippen LogP contribution in [0.4, 0.5) is 0 Å². The van der Waals surface area contributed by atoms with E-state index in [9.17, 15) is 14.7 Å². The maximum absolute atomic E-state index is 12.7. The second-order valence-corrected chi connectivity index (χ2v) is 6.61. The minimum Gasteiger partial charge on any atom is -0.496 e. The summed E-state index contributed by atoms with van der Waals surface area (Å²) in [6.07, 6.45) is 2.09. The first-order chi connectivity index (χ1) is 13.5. The predicted octanol–water partition coefficient (Wildman–Crippen LogP) is 3.34. The van der Waals surface area contributed by atoms with E-state index in [4.69, 9.17) is 4.74 Å². The van der Waals surface area contributed by atoms with Crippen LogP contribution in [0.15, 0.2) is 54.7 Å². The van der Waals surface area contributed by atoms with Crippen molar-refractivity contribution in [3.8, 4) is 5.75 Å². The first-order valence-corrected chi connectivity index (χ1v) is 9.26. The van der Waals surface area contributed by atoms with Crippen LogP contribution in [0.1, 0.15) is 22.8 Å². The summed E-state index contributed by atoms with van der Waals surface area (Å²) in [6, 6.07) is 15.0. The second kappa shape index (κ2) is 8.61. The van der Waals surface area contributed by atoms with Gasteiger partial charge in [-0.15, -0.1) is 0 Å². The topological polar surface area (TPSA) is 80.6 Å². The fourth-order valence-corrected chi connectivity index (χ4v) is 3.38. The molecular formula is C22H24N2O4. The predicted molar refractivity (Wildman–Crippen MR) is 108 cm³/mol. The molecule has 1 atom stereocenters. The molecule has 1 unspecified atom stereocenters. The Kier molecular flexibility index (Phi) is 5.99. The highest BCUT2D eigenvalue weighted by atomic mass is 16.5. The smallest absolute Gasteiger partial charge is 0.308 e. The summed E-state index contributed by atoms with van der Waals surface area (Å²) in [5.41, 5.74) is 2.34. The van der Waals surface area contributed by atoms with Gasteiger partial charge in [-0.05, 0) is 31.0 Å². The highest BCUT2D eigenvalue weighted by Crippen LogP contribution is 2.23. The molecule has 1 heterocycles. The average Bonchev–Trinajstić information content (AvgIpc) is 3.10. The number of carboxylic acid groups (broad SMARTS) is 1. The van der Waals surface area contributed by atoms with Crippen LogP contribution < -0.4 is 10.1 Å². The number of aryl methyl sites for hydroxylation is 1. The van der Waals surface area contributed by atoms with E-state index < -0.39 is 11.9 Å². The standard InChI is InChI=1S/C22H24N2O4/c1-3-24-14-18(17-9-5-6-10-19(17)24)21(25)23-13-16(22(26)27)12-15-8-4-7-11-20(15)28-2/h4-11,14,16H,3,12-13H2,1-2H3,(H,23,25)(H,26,27). The zero-order chi connectivity index (χ0) is 20.1. The van der Waals surface area contributed by atoms with Gasteiger partial charge in [-0.25, -0.2) is 0 Å². The van der Waals surface area contributed by atoms with E-state index in [1.54, 1.807) is 13.2 Å². The molecule has 0 aliphatic rings. The normalized spacial score (nSPS) is 11.9. The molecule has 0 bridgehead atoms. The van der Waals surface area contributed by atoms with E-state index in [0.29, 0.717) is 11.3 Å². The highest BCUT2D eigenvalue weighted by molar-refractivity contribution is 6.07. The Morgan fingerprint density at radius 3 is 2.57 bits per heavy atom. The molecular weight excluding hydrogens is 356 g/mol. The SMILES string of the molecule is CCn1cc(C(=O)NCC(Cc2ccccc2OC)C(=O)O)c2ccccc21. The summed E-state index contributed by atoms with van der Waals surface area (Å²) in [4.78, 5) is 24.5. The lowest BCUT2D eigenvalue weighted by atomic mass is 9.98. The van der Waals surface area contributed by atoms with Gasteiger partial charge in [0.2, 0.25) is 0 Å². The molecule has 0 radical (unpaired) electrons. The van der Waals surface area contributed by atoms with Crippen molar-refractivity contribution in [2.45, 2.75) is 19.9 Å². The number of aliphatic carboxylic acids is 1. The van der Waals surface area contributed by atoms with E-state index in [-0.39, 0.29) is 18.9 Å². The zero-order valence-electron chi connectivity index (χ0n) is 16.0. The van der Waals surface area contributed by atoms with Gasteiger partial charge < -0.3 is 19.7 Å². The zero-order valence-corrected chi connectivity index (χ0v) is 16.0. The summed E-state index contributed by atoms with van der Waals surface area (Å²) in [6.45, 7) is 2.80. The van der Waals surface area contributed by atoms with Crippen LogP contribution in [0.25, 0.3) is 10.9 Å². The number of hydrogen-bond donors (Lipinski definition) is 2. The molecule has 6 nitrogen and oxygen atoms in total. The lowest BCUT2D eigenvalue weighted by Gasteiger charge is -2.15. The van der Waals surface area contributed by atoms with Crippen molar-refractivity contribution in [2.24, 2.45) is 5.92 Å².